The van der Waals surface area contributed by atoms with Crippen LogP contribution in [-0.4, -0.2) is 5.11 Å². The van der Waals surface area contributed by atoms with Crippen molar-refractivity contribution in [3.63, 3.8) is 0 Å². The maximum absolute atomic E-state index is 13.4. The Bertz CT molecular complexity index is 581. The van der Waals surface area contributed by atoms with Crippen LogP contribution in [0.5, 0.6) is 0 Å². The molecular weight excluding hydrogens is 443 g/mol. The van der Waals surface area contributed by atoms with Gasteiger partial charge in [-0.05, 0) is 51.3 Å². The Kier molecular flexibility index (Phi) is 5.17. The van der Waals surface area contributed by atoms with Crippen LogP contribution in [0.2, 0.25) is 0 Å². The van der Waals surface area contributed by atoms with Gasteiger partial charge in [0, 0.05) is 15.4 Å². The van der Waals surface area contributed by atoms with Crippen molar-refractivity contribution in [3.8, 4) is 0 Å². The molecule has 0 fully saturated rings. The van der Waals surface area contributed by atoms with Gasteiger partial charge in [-0.25, -0.2) is 4.39 Å². The molecule has 0 spiro atoms. The lowest BCUT2D eigenvalue weighted by atomic mass is 10.0. The van der Waals surface area contributed by atoms with Crippen LogP contribution in [0.3, 0.4) is 0 Å². The van der Waals surface area contributed by atoms with E-state index in [2.05, 4.69) is 47.8 Å². The average molecular weight is 453 g/mol. The van der Waals surface area contributed by atoms with Crippen molar-refractivity contribution >= 4 is 47.8 Å². The third-order valence-electron chi connectivity index (χ3n) is 2.71. The van der Waals surface area contributed by atoms with Crippen LogP contribution >= 0.6 is 47.8 Å². The van der Waals surface area contributed by atoms with Gasteiger partial charge in [-0.15, -0.1) is 0 Å². The minimum Gasteiger partial charge on any atom is -0.388 e. The zero-order chi connectivity index (χ0) is 14.0. The van der Waals surface area contributed by atoms with Gasteiger partial charge < -0.3 is 5.11 Å². The van der Waals surface area contributed by atoms with Gasteiger partial charge in [0.25, 0.3) is 0 Å². The van der Waals surface area contributed by atoms with E-state index in [4.69, 9.17) is 0 Å². The smallest absolute Gasteiger partial charge is 0.137 e. The fraction of sp³-hybridized carbons (Fsp3) is 0.143. The summed E-state index contributed by atoms with van der Waals surface area (Å²) in [7, 11) is 0. The largest absolute Gasteiger partial charge is 0.388 e. The predicted molar refractivity (Wildman–Crippen MR) is 84.6 cm³/mol. The number of aliphatic hydroxyl groups is 1. The van der Waals surface area contributed by atoms with Crippen molar-refractivity contribution in [1.29, 1.82) is 0 Å². The lowest BCUT2D eigenvalue weighted by Crippen LogP contribution is -2.03. The maximum Gasteiger partial charge on any atom is 0.137 e. The fourth-order valence-electron chi connectivity index (χ4n) is 1.80. The fourth-order valence-corrected chi connectivity index (χ4v) is 3.56. The Morgan fingerprint density at radius 3 is 2.32 bits per heavy atom. The van der Waals surface area contributed by atoms with Crippen LogP contribution in [0.15, 0.2) is 49.8 Å². The van der Waals surface area contributed by atoms with Gasteiger partial charge in [0.2, 0.25) is 0 Å². The molecule has 0 radical (unpaired) electrons. The van der Waals surface area contributed by atoms with Gasteiger partial charge in [-0.1, -0.05) is 44.0 Å². The molecule has 0 aliphatic rings. The molecule has 0 aliphatic heterocycles. The standard InChI is InChI=1S/C14H10Br3FO/c15-10-4-9(5-11(16)7-10)13(19)6-8-2-1-3-12(18)14(8)17/h1-5,7,13,19H,6H2. The number of benzene rings is 2. The molecule has 2 aromatic rings. The van der Waals surface area contributed by atoms with E-state index in [1.54, 1.807) is 12.1 Å². The lowest BCUT2D eigenvalue weighted by Gasteiger charge is -2.13. The van der Waals surface area contributed by atoms with E-state index in [-0.39, 0.29) is 5.82 Å². The molecule has 0 saturated carbocycles. The Morgan fingerprint density at radius 2 is 1.68 bits per heavy atom. The van der Waals surface area contributed by atoms with Crippen molar-refractivity contribution in [2.24, 2.45) is 0 Å². The number of rotatable bonds is 3. The molecule has 2 aromatic carbocycles. The predicted octanol–water partition coefficient (Wildman–Crippen LogP) is 5.39. The van der Waals surface area contributed by atoms with Gasteiger partial charge >= 0.3 is 0 Å². The molecule has 0 heterocycles. The van der Waals surface area contributed by atoms with Crippen molar-refractivity contribution < 1.29 is 9.50 Å². The second-order valence-corrected chi connectivity index (χ2v) is 6.76. The van der Waals surface area contributed by atoms with E-state index in [1.165, 1.54) is 6.07 Å². The van der Waals surface area contributed by atoms with Gasteiger partial charge in [-0.3, -0.25) is 0 Å². The van der Waals surface area contributed by atoms with Crippen molar-refractivity contribution in [2.45, 2.75) is 12.5 Å². The zero-order valence-corrected chi connectivity index (χ0v) is 14.5. The van der Waals surface area contributed by atoms with E-state index >= 15 is 0 Å². The van der Waals surface area contributed by atoms with Crippen LogP contribution in [-0.2, 0) is 6.42 Å². The summed E-state index contributed by atoms with van der Waals surface area (Å²) in [6.07, 6.45) is -0.340. The van der Waals surface area contributed by atoms with Crippen LogP contribution in [0.4, 0.5) is 4.39 Å². The van der Waals surface area contributed by atoms with Crippen LogP contribution in [0.25, 0.3) is 0 Å². The highest BCUT2D eigenvalue weighted by atomic mass is 79.9. The van der Waals surface area contributed by atoms with Crippen LogP contribution in [0.1, 0.15) is 17.2 Å². The molecule has 19 heavy (non-hydrogen) atoms. The molecule has 2 rings (SSSR count). The molecule has 1 unspecified atom stereocenters. The second-order valence-electron chi connectivity index (χ2n) is 4.14. The molecule has 100 valence electrons. The average Bonchev–Trinajstić information content (AvgIpc) is 2.33. The highest BCUT2D eigenvalue weighted by molar-refractivity contribution is 9.11. The first-order valence-electron chi connectivity index (χ1n) is 5.54. The summed E-state index contributed by atoms with van der Waals surface area (Å²) in [5, 5.41) is 10.3. The molecule has 0 aromatic heterocycles. The summed E-state index contributed by atoms with van der Waals surface area (Å²) in [6, 6.07) is 10.4. The molecule has 1 atom stereocenters. The number of hydrogen-bond acceptors (Lipinski definition) is 1. The first-order chi connectivity index (χ1) is 8.97. The van der Waals surface area contributed by atoms with E-state index < -0.39 is 6.10 Å². The minimum absolute atomic E-state index is 0.319. The van der Waals surface area contributed by atoms with E-state index in [9.17, 15) is 9.50 Å². The topological polar surface area (TPSA) is 20.2 Å². The normalized spacial score (nSPS) is 12.5. The summed E-state index contributed by atoms with van der Waals surface area (Å²) in [4.78, 5) is 0. The Labute approximate surface area is 136 Å². The number of hydrogen-bond donors (Lipinski definition) is 1. The lowest BCUT2D eigenvalue weighted by molar-refractivity contribution is 0.178. The molecule has 1 nitrogen and oxygen atoms in total. The third kappa shape index (κ3) is 3.88. The van der Waals surface area contributed by atoms with Crippen molar-refractivity contribution in [2.75, 3.05) is 0 Å². The second kappa shape index (κ2) is 6.48. The number of halogens is 4. The summed E-state index contributed by atoms with van der Waals surface area (Å²) in [5.41, 5.74) is 1.51. The first kappa shape index (κ1) is 15.2. The SMILES string of the molecule is OC(Cc1cccc(F)c1Br)c1cc(Br)cc(Br)c1. The maximum atomic E-state index is 13.4. The van der Waals surface area contributed by atoms with Crippen molar-refractivity contribution in [3.05, 3.63) is 66.8 Å². The Morgan fingerprint density at radius 1 is 1.05 bits per heavy atom. The van der Waals surface area contributed by atoms with Gasteiger partial charge in [0.05, 0.1) is 10.6 Å². The highest BCUT2D eigenvalue weighted by Crippen LogP contribution is 2.29. The molecule has 5 heteroatoms. The van der Waals surface area contributed by atoms with Gasteiger partial charge in [0.15, 0.2) is 0 Å². The quantitative estimate of drug-likeness (QED) is 0.662. The summed E-state index contributed by atoms with van der Waals surface area (Å²) in [6.45, 7) is 0. The van der Waals surface area contributed by atoms with Crippen LogP contribution < -0.4 is 0 Å². The summed E-state index contributed by atoms with van der Waals surface area (Å²) >= 11 is 9.97. The van der Waals surface area contributed by atoms with E-state index in [1.807, 2.05) is 18.2 Å². The molecule has 0 saturated heterocycles. The zero-order valence-electron chi connectivity index (χ0n) is 9.71. The number of aliphatic hydroxyl groups excluding tert-OH is 1. The van der Waals surface area contributed by atoms with Gasteiger partial charge in [-0.2, -0.15) is 0 Å². The third-order valence-corrected chi connectivity index (χ3v) is 4.52. The molecule has 0 bridgehead atoms. The van der Waals surface area contributed by atoms with E-state index in [0.29, 0.717) is 10.9 Å². The molecular formula is C14H10Br3FO. The molecule has 0 aliphatic carbocycles. The first-order valence-corrected chi connectivity index (χ1v) is 7.92. The minimum atomic E-state index is -0.688. The highest BCUT2D eigenvalue weighted by Gasteiger charge is 2.13. The van der Waals surface area contributed by atoms with Gasteiger partial charge in [0.1, 0.15) is 5.82 Å². The Hall–Kier alpha value is -0.230. The molecule has 1 N–H and O–H groups in total. The van der Waals surface area contributed by atoms with E-state index in [0.717, 1.165) is 20.1 Å². The van der Waals surface area contributed by atoms with Crippen molar-refractivity contribution in [1.82, 2.24) is 0 Å². The molecule has 0 amide bonds. The summed E-state index contributed by atoms with van der Waals surface area (Å²) in [5.74, 6) is -0.319. The summed E-state index contributed by atoms with van der Waals surface area (Å²) < 4.78 is 15.6. The Balaban J connectivity index is 2.25. The monoisotopic (exact) mass is 450 g/mol. The van der Waals surface area contributed by atoms with Crippen LogP contribution in [0, 0.1) is 5.82 Å².